The molecule has 4 rings (SSSR count). The Hall–Kier alpha value is -3.30. The van der Waals surface area contributed by atoms with E-state index in [2.05, 4.69) is 21.7 Å². The van der Waals surface area contributed by atoms with E-state index < -0.39 is 25.0 Å². The summed E-state index contributed by atoms with van der Waals surface area (Å²) in [5, 5.41) is 26.3. The molecule has 0 saturated carbocycles. The van der Waals surface area contributed by atoms with Crippen molar-refractivity contribution < 1.29 is 19.6 Å². The smallest absolute Gasteiger partial charge is 0.426 e. The Morgan fingerprint density at radius 1 is 1.06 bits per heavy atom. The van der Waals surface area contributed by atoms with Gasteiger partial charge in [0.05, 0.1) is 5.94 Å². The summed E-state index contributed by atoms with van der Waals surface area (Å²) < 4.78 is 0. The Bertz CT molecular complexity index is 1180. The van der Waals surface area contributed by atoms with E-state index in [1.165, 1.54) is 5.56 Å². The average molecular weight is 476 g/mol. The standard InChI is InChI=1S/C26H33BN4O4/c1-17(2)13-24(27(34)35)30-25(32)23(14-20-15-28-22-10-6-5-9-21(20)22)29-26(33)31-12-11-18-7-3-4-8-19(18)16-31/h3-10,15,17,23-24,28,34-35H,11-14,16H2,1-2H3,(H,29,33)(H,30,32)/t23-,24-/m0/s1. The highest BCUT2D eigenvalue weighted by Crippen LogP contribution is 2.21. The van der Waals surface area contributed by atoms with Gasteiger partial charge in [0.1, 0.15) is 6.04 Å². The number of aromatic nitrogens is 1. The summed E-state index contributed by atoms with van der Waals surface area (Å²) in [5.74, 6) is -1.12. The summed E-state index contributed by atoms with van der Waals surface area (Å²) in [6, 6.07) is 14.6. The Labute approximate surface area is 205 Å². The SMILES string of the molecule is CC(C)C[C@H](NC(=O)[C@H](Cc1c[nH]c2ccccc12)NC(=O)N1CCc2ccccc2C1)B(O)O. The van der Waals surface area contributed by atoms with E-state index in [1.54, 1.807) is 4.90 Å². The van der Waals surface area contributed by atoms with E-state index in [4.69, 9.17) is 0 Å². The predicted octanol–water partition coefficient (Wildman–Crippen LogP) is 2.39. The first-order valence-electron chi connectivity index (χ1n) is 12.2. The molecule has 1 aliphatic heterocycles. The molecule has 0 aliphatic carbocycles. The normalized spacial score (nSPS) is 14.9. The van der Waals surface area contributed by atoms with Crippen molar-refractivity contribution in [3.05, 3.63) is 71.4 Å². The molecule has 0 spiro atoms. The van der Waals surface area contributed by atoms with Crippen LogP contribution >= 0.6 is 0 Å². The van der Waals surface area contributed by atoms with Gasteiger partial charge in [-0.05, 0) is 41.5 Å². The van der Waals surface area contributed by atoms with E-state index in [1.807, 2.05) is 62.5 Å². The molecule has 35 heavy (non-hydrogen) atoms. The number of para-hydroxylation sites is 1. The molecule has 5 N–H and O–H groups in total. The summed E-state index contributed by atoms with van der Waals surface area (Å²) >= 11 is 0. The molecule has 3 aromatic rings. The van der Waals surface area contributed by atoms with Crippen molar-refractivity contribution in [2.45, 2.75) is 51.6 Å². The fraction of sp³-hybridized carbons (Fsp3) is 0.385. The third-order valence-corrected chi connectivity index (χ3v) is 6.54. The third-order valence-electron chi connectivity index (χ3n) is 6.54. The first-order valence-corrected chi connectivity index (χ1v) is 12.2. The van der Waals surface area contributed by atoms with Crippen LogP contribution in [0.25, 0.3) is 10.9 Å². The topological polar surface area (TPSA) is 118 Å². The van der Waals surface area contributed by atoms with E-state index in [0.29, 0.717) is 19.5 Å². The van der Waals surface area contributed by atoms with Gasteiger partial charge in [0.25, 0.3) is 0 Å². The molecule has 184 valence electrons. The summed E-state index contributed by atoms with van der Waals surface area (Å²) in [5.41, 5.74) is 4.18. The number of urea groups is 1. The van der Waals surface area contributed by atoms with Gasteiger partial charge in [-0.1, -0.05) is 56.3 Å². The molecule has 8 nitrogen and oxygen atoms in total. The maximum absolute atomic E-state index is 13.3. The molecule has 0 bridgehead atoms. The lowest BCUT2D eigenvalue weighted by Gasteiger charge is -2.31. The van der Waals surface area contributed by atoms with Gasteiger partial charge in [-0.25, -0.2) is 4.79 Å². The van der Waals surface area contributed by atoms with E-state index in [9.17, 15) is 19.6 Å². The number of nitrogens with one attached hydrogen (secondary N) is 3. The van der Waals surface area contributed by atoms with Crippen molar-refractivity contribution in [2.75, 3.05) is 6.54 Å². The summed E-state index contributed by atoms with van der Waals surface area (Å²) in [6.45, 7) is 4.94. The molecule has 0 unspecified atom stereocenters. The Morgan fingerprint density at radius 2 is 1.77 bits per heavy atom. The molecular weight excluding hydrogens is 443 g/mol. The minimum Gasteiger partial charge on any atom is -0.426 e. The number of carbonyl (C=O) groups excluding carboxylic acids is 2. The van der Waals surface area contributed by atoms with E-state index in [-0.39, 0.29) is 18.4 Å². The van der Waals surface area contributed by atoms with Crippen molar-refractivity contribution in [1.82, 2.24) is 20.5 Å². The van der Waals surface area contributed by atoms with Gasteiger partial charge in [0, 0.05) is 36.6 Å². The summed E-state index contributed by atoms with van der Waals surface area (Å²) in [4.78, 5) is 31.5. The number of hydrogen-bond donors (Lipinski definition) is 5. The van der Waals surface area contributed by atoms with E-state index in [0.717, 1.165) is 28.5 Å². The fourth-order valence-electron chi connectivity index (χ4n) is 4.69. The number of H-pyrrole nitrogens is 1. The molecule has 1 aromatic heterocycles. The number of aromatic amines is 1. The van der Waals surface area contributed by atoms with Crippen LogP contribution < -0.4 is 10.6 Å². The fourth-order valence-corrected chi connectivity index (χ4v) is 4.69. The zero-order chi connectivity index (χ0) is 24.9. The maximum Gasteiger partial charge on any atom is 0.475 e. The van der Waals surface area contributed by atoms with Crippen LogP contribution in [-0.2, 0) is 24.2 Å². The van der Waals surface area contributed by atoms with Crippen molar-refractivity contribution in [2.24, 2.45) is 5.92 Å². The van der Waals surface area contributed by atoms with Crippen LogP contribution in [0.5, 0.6) is 0 Å². The third kappa shape index (κ3) is 6.04. The molecule has 0 radical (unpaired) electrons. The highest BCUT2D eigenvalue weighted by atomic mass is 16.4. The maximum atomic E-state index is 13.3. The second kappa shape index (κ2) is 11.0. The van der Waals surface area contributed by atoms with Gasteiger partial charge < -0.3 is 30.6 Å². The van der Waals surface area contributed by atoms with Crippen molar-refractivity contribution in [3.8, 4) is 0 Å². The number of benzene rings is 2. The lowest BCUT2D eigenvalue weighted by Crippen LogP contribution is -2.57. The number of carbonyl (C=O) groups is 2. The van der Waals surface area contributed by atoms with Crippen LogP contribution in [0.3, 0.4) is 0 Å². The zero-order valence-electron chi connectivity index (χ0n) is 20.2. The first kappa shape index (κ1) is 24.8. The van der Waals surface area contributed by atoms with Crippen LogP contribution in [-0.4, -0.2) is 57.5 Å². The van der Waals surface area contributed by atoms with Gasteiger partial charge in [0.15, 0.2) is 0 Å². The number of rotatable bonds is 8. The molecule has 3 amide bonds. The Kier molecular flexibility index (Phi) is 7.78. The number of hydrogen-bond acceptors (Lipinski definition) is 4. The molecule has 1 aliphatic rings. The molecule has 0 fully saturated rings. The monoisotopic (exact) mass is 476 g/mol. The Balaban J connectivity index is 1.53. The molecule has 9 heteroatoms. The zero-order valence-corrected chi connectivity index (χ0v) is 20.2. The number of nitrogens with zero attached hydrogens (tertiary/aromatic N) is 1. The average Bonchev–Trinajstić information content (AvgIpc) is 3.25. The van der Waals surface area contributed by atoms with Gasteiger partial charge in [-0.15, -0.1) is 0 Å². The molecular formula is C26H33BN4O4. The van der Waals surface area contributed by atoms with Gasteiger partial charge in [-0.2, -0.15) is 0 Å². The highest BCUT2D eigenvalue weighted by Gasteiger charge is 2.31. The van der Waals surface area contributed by atoms with Crippen LogP contribution in [0.4, 0.5) is 4.79 Å². The molecule has 0 saturated heterocycles. The minimum absolute atomic E-state index is 0.150. The first-order chi connectivity index (χ1) is 16.8. The Morgan fingerprint density at radius 3 is 2.51 bits per heavy atom. The number of amides is 3. The second-order valence-electron chi connectivity index (χ2n) is 9.66. The van der Waals surface area contributed by atoms with Crippen LogP contribution in [0.2, 0.25) is 0 Å². The minimum atomic E-state index is -1.69. The summed E-state index contributed by atoms with van der Waals surface area (Å²) in [6.07, 6.45) is 3.28. The van der Waals surface area contributed by atoms with Crippen molar-refractivity contribution in [3.63, 3.8) is 0 Å². The predicted molar refractivity (Wildman–Crippen MR) is 136 cm³/mol. The molecule has 2 heterocycles. The van der Waals surface area contributed by atoms with E-state index >= 15 is 0 Å². The van der Waals surface area contributed by atoms with Gasteiger partial charge in [0.2, 0.25) is 5.91 Å². The second-order valence-corrected chi connectivity index (χ2v) is 9.66. The molecule has 2 atom stereocenters. The number of fused-ring (bicyclic) bond motifs is 2. The van der Waals surface area contributed by atoms with Crippen LogP contribution in [0.1, 0.15) is 37.0 Å². The van der Waals surface area contributed by atoms with Crippen LogP contribution in [0, 0.1) is 5.92 Å². The van der Waals surface area contributed by atoms with Crippen LogP contribution in [0.15, 0.2) is 54.7 Å². The lowest BCUT2D eigenvalue weighted by molar-refractivity contribution is -0.123. The molecule has 2 aromatic carbocycles. The largest absolute Gasteiger partial charge is 0.475 e. The quantitative estimate of drug-likeness (QED) is 0.321. The summed E-state index contributed by atoms with van der Waals surface area (Å²) in [7, 11) is -1.69. The highest BCUT2D eigenvalue weighted by molar-refractivity contribution is 6.43. The van der Waals surface area contributed by atoms with Crippen molar-refractivity contribution in [1.29, 1.82) is 0 Å². The van der Waals surface area contributed by atoms with Gasteiger partial charge in [-0.3, -0.25) is 4.79 Å². The lowest BCUT2D eigenvalue weighted by atomic mass is 9.75. The van der Waals surface area contributed by atoms with Crippen molar-refractivity contribution >= 4 is 30.0 Å². The van der Waals surface area contributed by atoms with Gasteiger partial charge >= 0.3 is 13.1 Å².